The van der Waals surface area contributed by atoms with Crippen molar-refractivity contribution in [1.82, 2.24) is 14.8 Å². The summed E-state index contributed by atoms with van der Waals surface area (Å²) in [5.41, 5.74) is 0.667. The molecule has 2 aliphatic heterocycles. The van der Waals surface area contributed by atoms with E-state index in [0.717, 1.165) is 58.7 Å². The maximum absolute atomic E-state index is 12.9. The molecule has 132 valence electrons. The van der Waals surface area contributed by atoms with E-state index in [2.05, 4.69) is 14.8 Å². The molecule has 2 saturated heterocycles. The summed E-state index contributed by atoms with van der Waals surface area (Å²) in [6, 6.07) is 3.84. The average molecular weight is 333 g/mol. The van der Waals surface area contributed by atoms with E-state index in [1.807, 2.05) is 0 Å². The largest absolute Gasteiger partial charge is 0.481 e. The number of hydrogen-bond acceptors (Lipinski definition) is 5. The molecular weight excluding hydrogens is 306 g/mol. The van der Waals surface area contributed by atoms with Crippen molar-refractivity contribution < 1.29 is 14.3 Å². The van der Waals surface area contributed by atoms with Crippen LogP contribution < -0.4 is 4.74 Å². The maximum atomic E-state index is 12.9. The second-order valence-electron chi connectivity index (χ2n) is 6.48. The van der Waals surface area contributed by atoms with Crippen LogP contribution in [0, 0.1) is 0 Å². The standard InChI is InChI=1S/C18H27N3O3/c1-23-17-14-15(5-7-19-17)18(22)21-8-3-2-4-16(21)6-9-20-10-12-24-13-11-20/h5,7,14,16H,2-4,6,8-13H2,1H3. The van der Waals surface area contributed by atoms with Crippen LogP contribution in [0.4, 0.5) is 0 Å². The smallest absolute Gasteiger partial charge is 0.254 e. The van der Waals surface area contributed by atoms with Crippen molar-refractivity contribution in [2.75, 3.05) is 46.5 Å². The zero-order chi connectivity index (χ0) is 16.8. The van der Waals surface area contributed by atoms with Crippen molar-refractivity contribution in [3.05, 3.63) is 23.9 Å². The molecule has 1 amide bonds. The molecule has 0 spiro atoms. The van der Waals surface area contributed by atoms with Crippen LogP contribution in [0.25, 0.3) is 0 Å². The highest BCUT2D eigenvalue weighted by Gasteiger charge is 2.28. The van der Waals surface area contributed by atoms with Crippen molar-refractivity contribution in [2.45, 2.75) is 31.7 Å². The van der Waals surface area contributed by atoms with Crippen LogP contribution in [0.1, 0.15) is 36.0 Å². The Morgan fingerprint density at radius 2 is 2.17 bits per heavy atom. The van der Waals surface area contributed by atoms with E-state index in [9.17, 15) is 4.79 Å². The van der Waals surface area contributed by atoms with Gasteiger partial charge in [-0.15, -0.1) is 0 Å². The first-order chi connectivity index (χ1) is 11.8. The molecule has 3 heterocycles. The van der Waals surface area contributed by atoms with Crippen molar-refractivity contribution in [1.29, 1.82) is 0 Å². The number of piperidine rings is 1. The van der Waals surface area contributed by atoms with Gasteiger partial charge in [0, 0.05) is 50.0 Å². The van der Waals surface area contributed by atoms with Gasteiger partial charge in [0.25, 0.3) is 5.91 Å². The number of ether oxygens (including phenoxy) is 2. The number of hydrogen-bond donors (Lipinski definition) is 0. The number of carbonyl (C=O) groups excluding carboxylic acids is 1. The third kappa shape index (κ3) is 4.24. The van der Waals surface area contributed by atoms with E-state index in [1.165, 1.54) is 6.42 Å². The summed E-state index contributed by atoms with van der Waals surface area (Å²) in [4.78, 5) is 21.5. The van der Waals surface area contributed by atoms with E-state index in [1.54, 1.807) is 25.4 Å². The first kappa shape index (κ1) is 17.2. The fourth-order valence-corrected chi connectivity index (χ4v) is 3.54. The van der Waals surface area contributed by atoms with E-state index in [4.69, 9.17) is 9.47 Å². The van der Waals surface area contributed by atoms with Gasteiger partial charge in [-0.05, 0) is 31.7 Å². The molecule has 24 heavy (non-hydrogen) atoms. The summed E-state index contributed by atoms with van der Waals surface area (Å²) in [5, 5.41) is 0. The normalized spacial score (nSPS) is 22.4. The number of methoxy groups -OCH3 is 1. The zero-order valence-electron chi connectivity index (χ0n) is 14.4. The molecule has 1 aromatic heterocycles. The minimum atomic E-state index is 0.0994. The van der Waals surface area contributed by atoms with E-state index in [-0.39, 0.29) is 5.91 Å². The molecule has 2 aliphatic rings. The lowest BCUT2D eigenvalue weighted by Gasteiger charge is -2.37. The molecule has 1 atom stereocenters. The molecule has 3 rings (SSSR count). The van der Waals surface area contributed by atoms with Gasteiger partial charge < -0.3 is 14.4 Å². The molecule has 0 aliphatic carbocycles. The number of rotatable bonds is 5. The first-order valence-corrected chi connectivity index (χ1v) is 8.89. The lowest BCUT2D eigenvalue weighted by molar-refractivity contribution is 0.0295. The van der Waals surface area contributed by atoms with Crippen molar-refractivity contribution in [2.24, 2.45) is 0 Å². The van der Waals surface area contributed by atoms with Crippen LogP contribution >= 0.6 is 0 Å². The summed E-state index contributed by atoms with van der Waals surface area (Å²) in [6.07, 6.45) is 6.06. The van der Waals surface area contributed by atoms with Gasteiger partial charge in [0.2, 0.25) is 5.88 Å². The highest BCUT2D eigenvalue weighted by molar-refractivity contribution is 5.94. The van der Waals surface area contributed by atoms with Crippen LogP contribution in [-0.4, -0.2) is 73.2 Å². The molecule has 0 radical (unpaired) electrons. The number of amides is 1. The lowest BCUT2D eigenvalue weighted by Crippen LogP contribution is -2.46. The molecule has 2 fully saturated rings. The Morgan fingerprint density at radius 1 is 1.33 bits per heavy atom. The number of nitrogens with zero attached hydrogens (tertiary/aromatic N) is 3. The number of likely N-dealkylation sites (tertiary alicyclic amines) is 1. The molecule has 1 unspecified atom stereocenters. The molecule has 0 aromatic carbocycles. The van der Waals surface area contributed by atoms with Gasteiger partial charge in [-0.3, -0.25) is 9.69 Å². The van der Waals surface area contributed by atoms with Gasteiger partial charge in [-0.1, -0.05) is 0 Å². The van der Waals surface area contributed by atoms with Crippen LogP contribution in [-0.2, 0) is 4.74 Å². The highest BCUT2D eigenvalue weighted by atomic mass is 16.5. The fraction of sp³-hybridized carbons (Fsp3) is 0.667. The molecule has 0 N–H and O–H groups in total. The van der Waals surface area contributed by atoms with Gasteiger partial charge in [-0.25, -0.2) is 4.98 Å². The fourth-order valence-electron chi connectivity index (χ4n) is 3.54. The quantitative estimate of drug-likeness (QED) is 0.822. The number of aromatic nitrogens is 1. The Bertz CT molecular complexity index is 546. The highest BCUT2D eigenvalue weighted by Crippen LogP contribution is 2.23. The average Bonchev–Trinajstić information content (AvgIpc) is 2.67. The summed E-state index contributed by atoms with van der Waals surface area (Å²) in [5.74, 6) is 0.588. The Labute approximate surface area is 143 Å². The van der Waals surface area contributed by atoms with Crippen LogP contribution in [0.15, 0.2) is 18.3 Å². The van der Waals surface area contributed by atoms with Crippen molar-refractivity contribution in [3.63, 3.8) is 0 Å². The van der Waals surface area contributed by atoms with E-state index < -0.39 is 0 Å². The predicted molar refractivity (Wildman–Crippen MR) is 91.3 cm³/mol. The van der Waals surface area contributed by atoms with E-state index >= 15 is 0 Å². The molecule has 1 aromatic rings. The topological polar surface area (TPSA) is 54.9 Å². The van der Waals surface area contributed by atoms with Crippen LogP contribution in [0.5, 0.6) is 5.88 Å². The van der Waals surface area contributed by atoms with Crippen molar-refractivity contribution in [3.8, 4) is 5.88 Å². The monoisotopic (exact) mass is 333 g/mol. The van der Waals surface area contributed by atoms with Crippen LogP contribution in [0.3, 0.4) is 0 Å². The number of pyridine rings is 1. The van der Waals surface area contributed by atoms with Gasteiger partial charge >= 0.3 is 0 Å². The summed E-state index contributed by atoms with van der Waals surface area (Å²) >= 11 is 0. The summed E-state index contributed by atoms with van der Waals surface area (Å²) < 4.78 is 10.6. The molecule has 0 saturated carbocycles. The maximum Gasteiger partial charge on any atom is 0.254 e. The zero-order valence-corrected chi connectivity index (χ0v) is 14.4. The SMILES string of the molecule is COc1cc(C(=O)N2CCCCC2CCN2CCOCC2)ccn1. The Morgan fingerprint density at radius 3 is 2.96 bits per heavy atom. The second kappa shape index (κ2) is 8.44. The lowest BCUT2D eigenvalue weighted by atomic mass is 9.98. The number of carbonyl (C=O) groups is 1. The summed E-state index contributed by atoms with van der Waals surface area (Å²) in [6.45, 7) is 5.54. The number of morpholine rings is 1. The minimum Gasteiger partial charge on any atom is -0.481 e. The second-order valence-corrected chi connectivity index (χ2v) is 6.48. The first-order valence-electron chi connectivity index (χ1n) is 8.89. The molecular formula is C18H27N3O3. The van der Waals surface area contributed by atoms with E-state index in [0.29, 0.717) is 17.5 Å². The Kier molecular flexibility index (Phi) is 6.04. The van der Waals surface area contributed by atoms with Crippen LogP contribution in [0.2, 0.25) is 0 Å². The third-order valence-corrected chi connectivity index (χ3v) is 4.96. The molecule has 0 bridgehead atoms. The molecule has 6 nitrogen and oxygen atoms in total. The molecule has 6 heteroatoms. The Balaban J connectivity index is 1.63. The van der Waals surface area contributed by atoms with Gasteiger partial charge in [-0.2, -0.15) is 0 Å². The predicted octanol–water partition coefficient (Wildman–Crippen LogP) is 1.81. The summed E-state index contributed by atoms with van der Waals surface area (Å²) in [7, 11) is 1.57. The van der Waals surface area contributed by atoms with Crippen molar-refractivity contribution >= 4 is 5.91 Å². The minimum absolute atomic E-state index is 0.0994. The van der Waals surface area contributed by atoms with Gasteiger partial charge in [0.15, 0.2) is 0 Å². The Hall–Kier alpha value is -1.66. The third-order valence-electron chi connectivity index (χ3n) is 4.96. The van der Waals surface area contributed by atoms with Gasteiger partial charge in [0.1, 0.15) is 0 Å². The van der Waals surface area contributed by atoms with Gasteiger partial charge in [0.05, 0.1) is 20.3 Å².